The summed E-state index contributed by atoms with van der Waals surface area (Å²) in [6, 6.07) is 8.69. The summed E-state index contributed by atoms with van der Waals surface area (Å²) in [7, 11) is 2.17. The van der Waals surface area contributed by atoms with Gasteiger partial charge in [0.25, 0.3) is 0 Å². The van der Waals surface area contributed by atoms with Gasteiger partial charge in [-0.25, -0.2) is 4.63 Å². The van der Waals surface area contributed by atoms with Crippen molar-refractivity contribution in [2.45, 2.75) is 71.0 Å². The third-order valence-electron chi connectivity index (χ3n) is 7.01. The minimum Gasteiger partial charge on any atom is -0.336 e. The van der Waals surface area contributed by atoms with E-state index in [1.54, 1.807) is 6.92 Å². The highest BCUT2D eigenvalue weighted by atomic mass is 16.6. The molecule has 1 fully saturated rings. The van der Waals surface area contributed by atoms with Crippen molar-refractivity contribution in [1.29, 1.82) is 0 Å². The summed E-state index contributed by atoms with van der Waals surface area (Å²) >= 11 is 0. The fourth-order valence-corrected chi connectivity index (χ4v) is 5.00. The highest BCUT2D eigenvalue weighted by Gasteiger charge is 2.33. The van der Waals surface area contributed by atoms with Gasteiger partial charge >= 0.3 is 0 Å². The largest absolute Gasteiger partial charge is 0.336 e. The predicted octanol–water partition coefficient (Wildman–Crippen LogP) is 2.95. The van der Waals surface area contributed by atoms with Crippen molar-refractivity contribution in [1.82, 2.24) is 20.1 Å². The van der Waals surface area contributed by atoms with Crippen LogP contribution in [0.2, 0.25) is 0 Å². The van der Waals surface area contributed by atoms with E-state index in [1.165, 1.54) is 0 Å². The van der Waals surface area contributed by atoms with Gasteiger partial charge in [0.2, 0.25) is 11.8 Å². The van der Waals surface area contributed by atoms with Crippen molar-refractivity contribution in [3.05, 3.63) is 41.2 Å². The smallest absolute Gasteiger partial charge is 0.229 e. The molecule has 4 rings (SSSR count). The first kappa shape index (κ1) is 22.5. The van der Waals surface area contributed by atoms with E-state index in [1.807, 2.05) is 41.0 Å². The summed E-state index contributed by atoms with van der Waals surface area (Å²) in [5.74, 6) is 0.121. The first-order valence-electron chi connectivity index (χ1n) is 11.6. The number of amides is 2. The molecule has 0 N–H and O–H groups in total. The lowest BCUT2D eigenvalue weighted by Gasteiger charge is -2.41. The fraction of sp³-hybridized carbons (Fsp3) is 0.583. The zero-order valence-electron chi connectivity index (χ0n) is 19.3. The molecule has 1 saturated heterocycles. The highest BCUT2D eigenvalue weighted by Crippen LogP contribution is 2.30. The Morgan fingerprint density at radius 2 is 1.88 bits per heavy atom. The van der Waals surface area contributed by atoms with Crippen molar-refractivity contribution < 1.29 is 14.2 Å². The van der Waals surface area contributed by atoms with Crippen LogP contribution in [0.4, 0.5) is 5.69 Å². The third kappa shape index (κ3) is 4.70. The lowest BCUT2D eigenvalue weighted by molar-refractivity contribution is -0.132. The number of anilines is 1. The number of fused-ring (bicyclic) bond motifs is 3. The summed E-state index contributed by atoms with van der Waals surface area (Å²) in [5, 5.41) is 7.73. The van der Waals surface area contributed by atoms with E-state index in [-0.39, 0.29) is 18.2 Å². The number of carbonyl (C=O) groups is 2. The first-order chi connectivity index (χ1) is 15.5. The number of aryl methyl sites for hydroxylation is 1. The molecule has 3 heterocycles. The number of hydrogen-bond donors (Lipinski definition) is 0. The van der Waals surface area contributed by atoms with E-state index in [9.17, 15) is 9.59 Å². The molecule has 2 atom stereocenters. The number of benzene rings is 1. The number of rotatable bonds is 3. The molecule has 2 aliphatic heterocycles. The van der Waals surface area contributed by atoms with Crippen LogP contribution in [0.15, 0.2) is 28.9 Å². The summed E-state index contributed by atoms with van der Waals surface area (Å²) in [5.41, 5.74) is 3.13. The average molecular weight is 440 g/mol. The van der Waals surface area contributed by atoms with Gasteiger partial charge in [-0.1, -0.05) is 41.9 Å². The molecule has 2 aromatic rings. The summed E-state index contributed by atoms with van der Waals surface area (Å²) < 4.78 is 4.80. The molecule has 0 spiro atoms. The molecule has 0 saturated carbocycles. The Balaban J connectivity index is 1.70. The van der Waals surface area contributed by atoms with E-state index in [0.29, 0.717) is 49.5 Å². The van der Waals surface area contributed by atoms with Crippen LogP contribution in [0.5, 0.6) is 0 Å². The Kier molecular flexibility index (Phi) is 6.89. The van der Waals surface area contributed by atoms with E-state index in [2.05, 4.69) is 22.3 Å². The number of aromatic nitrogens is 2. The van der Waals surface area contributed by atoms with Gasteiger partial charge in [-0.2, -0.15) is 0 Å². The van der Waals surface area contributed by atoms with Crippen LogP contribution in [0.25, 0.3) is 0 Å². The highest BCUT2D eigenvalue weighted by molar-refractivity contribution is 5.94. The average Bonchev–Trinajstić information content (AvgIpc) is 3.19. The number of likely N-dealkylation sites (N-methyl/N-ethyl adjacent to an activating group) is 1. The molecule has 2 unspecified atom stereocenters. The van der Waals surface area contributed by atoms with E-state index >= 15 is 0 Å². The van der Waals surface area contributed by atoms with Crippen molar-refractivity contribution >= 4 is 17.5 Å². The molecule has 1 aromatic carbocycles. The van der Waals surface area contributed by atoms with Crippen molar-refractivity contribution in [2.24, 2.45) is 0 Å². The molecule has 1 aromatic heterocycles. The lowest BCUT2D eigenvalue weighted by atomic mass is 9.93. The van der Waals surface area contributed by atoms with Crippen LogP contribution in [-0.4, -0.2) is 64.1 Å². The Morgan fingerprint density at radius 1 is 1.09 bits per heavy atom. The zero-order valence-corrected chi connectivity index (χ0v) is 19.3. The fourth-order valence-electron chi connectivity index (χ4n) is 5.00. The molecule has 8 heteroatoms. The number of piperidine rings is 1. The van der Waals surface area contributed by atoms with Gasteiger partial charge in [0, 0.05) is 43.8 Å². The van der Waals surface area contributed by atoms with Gasteiger partial charge in [-0.15, -0.1) is 0 Å². The Bertz CT molecular complexity index is 959. The topological polar surface area (TPSA) is 82.8 Å². The summed E-state index contributed by atoms with van der Waals surface area (Å²) in [6.07, 6.45) is 4.89. The van der Waals surface area contributed by atoms with E-state index in [4.69, 9.17) is 4.63 Å². The van der Waals surface area contributed by atoms with Crippen LogP contribution in [0.3, 0.4) is 0 Å². The second-order valence-electron chi connectivity index (χ2n) is 8.97. The number of hydrogen-bond acceptors (Lipinski definition) is 6. The molecular formula is C24H33N5O3. The normalized spacial score (nSPS) is 22.2. The maximum Gasteiger partial charge on any atom is 0.229 e. The number of nitrogens with zero attached hydrogens (tertiary/aromatic N) is 5. The minimum atomic E-state index is 0.00161. The Hall–Kier alpha value is -2.74. The Morgan fingerprint density at radius 3 is 2.62 bits per heavy atom. The van der Waals surface area contributed by atoms with Crippen molar-refractivity contribution in [3.63, 3.8) is 0 Å². The third-order valence-corrected chi connectivity index (χ3v) is 7.01. The summed E-state index contributed by atoms with van der Waals surface area (Å²) in [6.45, 7) is 5.52. The maximum atomic E-state index is 13.4. The Labute approximate surface area is 189 Å². The van der Waals surface area contributed by atoms with Gasteiger partial charge in [0.1, 0.15) is 11.4 Å². The molecule has 2 bridgehead atoms. The van der Waals surface area contributed by atoms with E-state index in [0.717, 1.165) is 36.9 Å². The monoisotopic (exact) mass is 439 g/mol. The molecule has 8 nitrogen and oxygen atoms in total. The molecule has 0 radical (unpaired) electrons. The second-order valence-corrected chi connectivity index (χ2v) is 8.97. The maximum absolute atomic E-state index is 13.4. The second kappa shape index (κ2) is 9.81. The van der Waals surface area contributed by atoms with Crippen LogP contribution < -0.4 is 4.90 Å². The van der Waals surface area contributed by atoms with Gasteiger partial charge in [-0.05, 0) is 44.9 Å². The first-order valence-corrected chi connectivity index (χ1v) is 11.6. The molecule has 0 aliphatic carbocycles. The van der Waals surface area contributed by atoms with Gasteiger partial charge in [-0.3, -0.25) is 14.5 Å². The van der Waals surface area contributed by atoms with Gasteiger partial charge < -0.3 is 9.80 Å². The standard InChI is InChI=1S/C24H33N5O3/c1-4-23(30)29-13-12-19-9-7-10-20(27(19)3)16-28(15-18-8-5-6-11-22(18)29)24(31)14-21-17(2)25-32-26-21/h5-6,8,11,19-20H,4,7,9-10,12-16H2,1-3H3. The van der Waals surface area contributed by atoms with Crippen molar-refractivity contribution in [2.75, 3.05) is 25.0 Å². The number of para-hydroxylation sites is 1. The summed E-state index contributed by atoms with van der Waals surface area (Å²) in [4.78, 5) is 32.6. The lowest BCUT2D eigenvalue weighted by Crippen LogP contribution is -2.51. The molecule has 32 heavy (non-hydrogen) atoms. The van der Waals surface area contributed by atoms with Crippen LogP contribution in [0, 0.1) is 6.92 Å². The van der Waals surface area contributed by atoms with Crippen molar-refractivity contribution in [3.8, 4) is 0 Å². The molecule has 2 amide bonds. The molecular weight excluding hydrogens is 406 g/mol. The zero-order chi connectivity index (χ0) is 22.7. The minimum absolute atomic E-state index is 0.00161. The SMILES string of the molecule is CCC(=O)N1CCC2CCCC(CN(C(=O)Cc3nonc3C)Cc3ccccc31)N2C. The quantitative estimate of drug-likeness (QED) is 0.731. The predicted molar refractivity (Wildman–Crippen MR) is 121 cm³/mol. The van der Waals surface area contributed by atoms with Crippen LogP contribution in [0.1, 0.15) is 56.0 Å². The molecule has 2 aliphatic rings. The van der Waals surface area contributed by atoms with Gasteiger partial charge in [0.05, 0.1) is 6.42 Å². The van der Waals surface area contributed by atoms with E-state index < -0.39 is 0 Å². The van der Waals surface area contributed by atoms with Crippen LogP contribution >= 0.6 is 0 Å². The molecule has 172 valence electrons. The van der Waals surface area contributed by atoms with Crippen LogP contribution in [-0.2, 0) is 22.6 Å². The number of carbonyl (C=O) groups excluding carboxylic acids is 2. The van der Waals surface area contributed by atoms with Gasteiger partial charge in [0.15, 0.2) is 0 Å².